The lowest BCUT2D eigenvalue weighted by molar-refractivity contribution is -0.138. The number of aromatic nitrogens is 3. The van der Waals surface area contributed by atoms with Crippen LogP contribution in [0.5, 0.6) is 0 Å². The van der Waals surface area contributed by atoms with Gasteiger partial charge in [-0.15, -0.1) is 0 Å². The van der Waals surface area contributed by atoms with Crippen LogP contribution < -0.4 is 5.73 Å². The number of rotatable bonds is 6. The largest absolute Gasteiger partial charge is 0.481 e. The second-order valence-corrected chi connectivity index (χ2v) is 10.1. The number of carbonyl (C=O) groups excluding carboxylic acids is 1. The molecule has 216 valence electrons. The molecule has 0 saturated heterocycles. The fourth-order valence-corrected chi connectivity index (χ4v) is 5.07. The number of carboxylic acids is 2. The van der Waals surface area contributed by atoms with Crippen LogP contribution in [-0.2, 0) is 22.4 Å². The number of H-pyrrole nitrogens is 3. The van der Waals surface area contributed by atoms with E-state index in [-0.39, 0.29) is 6.42 Å². The first-order valence-corrected chi connectivity index (χ1v) is 13.5. The maximum atomic E-state index is 10.7. The van der Waals surface area contributed by atoms with E-state index in [1.807, 2.05) is 93.6 Å². The number of aliphatic carboxylic acids is 2. The SMILES string of the molecule is Cc1[nH]c2ccccc2c1C=O.Cc1[nH]c2ccccc2c1CC(=O)O.Cc1[nH]c2ccccc2c1CC(N)C(=O)O. The molecule has 3 aromatic heterocycles. The standard InChI is InChI=1S/C12H14N2O2.C11H11NO2.C10H9NO/c1-7-9(6-10(13)12(15)16)8-4-2-3-5-11(8)14-7;1-7-9(6-11(13)14)8-4-2-3-5-10(8)12-7;1-7-9(6-12)8-4-2-3-5-10(8)11-7/h2-5,10,14H,6,13H2,1H3,(H,15,16);2-5,12H,6H2,1H3,(H,13,14);2-6,11H,1H3. The van der Waals surface area contributed by atoms with Crippen LogP contribution in [0.15, 0.2) is 72.8 Å². The highest BCUT2D eigenvalue weighted by atomic mass is 16.4. The number of benzene rings is 3. The van der Waals surface area contributed by atoms with Gasteiger partial charge in [0, 0.05) is 61.8 Å². The van der Waals surface area contributed by atoms with Crippen molar-refractivity contribution in [3.8, 4) is 0 Å². The molecule has 0 fully saturated rings. The summed E-state index contributed by atoms with van der Waals surface area (Å²) < 4.78 is 0. The van der Waals surface area contributed by atoms with Gasteiger partial charge in [-0.3, -0.25) is 14.4 Å². The van der Waals surface area contributed by atoms with Gasteiger partial charge in [0.25, 0.3) is 0 Å². The third kappa shape index (κ3) is 6.59. The summed E-state index contributed by atoms with van der Waals surface area (Å²) in [4.78, 5) is 41.6. The van der Waals surface area contributed by atoms with Crippen LogP contribution in [-0.4, -0.2) is 49.4 Å². The summed E-state index contributed by atoms with van der Waals surface area (Å²) in [5.41, 5.74) is 14.1. The maximum Gasteiger partial charge on any atom is 0.320 e. The predicted molar refractivity (Wildman–Crippen MR) is 165 cm³/mol. The highest BCUT2D eigenvalue weighted by molar-refractivity contribution is 5.98. The quantitative estimate of drug-likeness (QED) is 0.139. The van der Waals surface area contributed by atoms with E-state index in [1.165, 1.54) is 0 Å². The molecule has 6 rings (SSSR count). The van der Waals surface area contributed by atoms with E-state index in [1.54, 1.807) is 0 Å². The summed E-state index contributed by atoms with van der Waals surface area (Å²) in [6, 6.07) is 22.5. The maximum absolute atomic E-state index is 10.7. The van der Waals surface area contributed by atoms with Crippen molar-refractivity contribution in [3.05, 3.63) is 107 Å². The minimum absolute atomic E-state index is 0.0792. The molecule has 9 heteroatoms. The topological polar surface area (TPSA) is 165 Å². The van der Waals surface area contributed by atoms with Gasteiger partial charge < -0.3 is 30.9 Å². The summed E-state index contributed by atoms with van der Waals surface area (Å²) in [6.07, 6.45) is 1.33. The first-order valence-electron chi connectivity index (χ1n) is 13.5. The van der Waals surface area contributed by atoms with Crippen LogP contribution in [0.4, 0.5) is 0 Å². The van der Waals surface area contributed by atoms with Gasteiger partial charge in [-0.2, -0.15) is 0 Å². The predicted octanol–water partition coefficient (Wildman–Crippen LogP) is 5.82. The molecular weight excluding hydrogens is 532 g/mol. The Labute approximate surface area is 242 Å². The van der Waals surface area contributed by atoms with E-state index in [2.05, 4.69) is 15.0 Å². The van der Waals surface area contributed by atoms with Crippen LogP contribution in [0.25, 0.3) is 32.7 Å². The van der Waals surface area contributed by atoms with E-state index < -0.39 is 18.0 Å². The molecule has 0 aliphatic rings. The van der Waals surface area contributed by atoms with Crippen molar-refractivity contribution in [1.82, 2.24) is 15.0 Å². The van der Waals surface area contributed by atoms with Crippen LogP contribution >= 0.6 is 0 Å². The number of hydrogen-bond donors (Lipinski definition) is 6. The van der Waals surface area contributed by atoms with E-state index >= 15 is 0 Å². The van der Waals surface area contributed by atoms with Crippen molar-refractivity contribution in [2.24, 2.45) is 5.73 Å². The Morgan fingerprint density at radius 3 is 1.64 bits per heavy atom. The molecule has 42 heavy (non-hydrogen) atoms. The van der Waals surface area contributed by atoms with E-state index in [4.69, 9.17) is 15.9 Å². The molecule has 0 bridgehead atoms. The number of fused-ring (bicyclic) bond motifs is 3. The lowest BCUT2D eigenvalue weighted by Crippen LogP contribution is -2.32. The van der Waals surface area contributed by atoms with E-state index in [0.29, 0.717) is 6.42 Å². The molecular formula is C33H34N4O5. The Balaban J connectivity index is 0.000000146. The number of nitrogens with one attached hydrogen (secondary N) is 3. The second-order valence-electron chi connectivity index (χ2n) is 10.1. The fraction of sp³-hybridized carbons (Fsp3) is 0.182. The Morgan fingerprint density at radius 2 is 1.14 bits per heavy atom. The summed E-state index contributed by atoms with van der Waals surface area (Å²) in [6.45, 7) is 5.74. The molecule has 0 radical (unpaired) electrons. The lowest BCUT2D eigenvalue weighted by atomic mass is 10.0. The number of aromatic amines is 3. The number of aryl methyl sites for hydroxylation is 3. The third-order valence-electron chi connectivity index (χ3n) is 7.18. The normalized spacial score (nSPS) is 11.4. The number of aldehydes is 1. The Hall–Kier alpha value is -5.15. The van der Waals surface area contributed by atoms with Crippen molar-refractivity contribution in [3.63, 3.8) is 0 Å². The van der Waals surface area contributed by atoms with Crippen LogP contribution in [0, 0.1) is 20.8 Å². The lowest BCUT2D eigenvalue weighted by Gasteiger charge is -2.06. The highest BCUT2D eigenvalue weighted by Gasteiger charge is 2.16. The van der Waals surface area contributed by atoms with Crippen molar-refractivity contribution < 1.29 is 24.6 Å². The molecule has 0 aliphatic heterocycles. The average Bonchev–Trinajstić information content (AvgIpc) is 3.58. The van der Waals surface area contributed by atoms with Gasteiger partial charge in [0.1, 0.15) is 6.04 Å². The molecule has 9 nitrogen and oxygen atoms in total. The van der Waals surface area contributed by atoms with Gasteiger partial charge in [-0.05, 0) is 50.1 Å². The minimum Gasteiger partial charge on any atom is -0.481 e. The van der Waals surface area contributed by atoms with Crippen molar-refractivity contribution in [2.45, 2.75) is 39.7 Å². The third-order valence-corrected chi connectivity index (χ3v) is 7.18. The van der Waals surface area contributed by atoms with E-state index in [0.717, 1.165) is 72.8 Å². The molecule has 3 aromatic carbocycles. The smallest absolute Gasteiger partial charge is 0.320 e. The second kappa shape index (κ2) is 13.0. The van der Waals surface area contributed by atoms with Gasteiger partial charge in [0.05, 0.1) is 6.42 Å². The minimum atomic E-state index is -0.968. The Kier molecular flexibility index (Phi) is 9.24. The molecule has 1 atom stereocenters. The number of carbonyl (C=O) groups is 3. The highest BCUT2D eigenvalue weighted by Crippen LogP contribution is 2.24. The van der Waals surface area contributed by atoms with Gasteiger partial charge >= 0.3 is 11.9 Å². The van der Waals surface area contributed by atoms with Crippen LogP contribution in [0.2, 0.25) is 0 Å². The van der Waals surface area contributed by atoms with E-state index in [9.17, 15) is 14.4 Å². The monoisotopic (exact) mass is 566 g/mol. The first kappa shape index (κ1) is 29.8. The zero-order valence-corrected chi connectivity index (χ0v) is 23.7. The molecule has 3 heterocycles. The molecule has 1 unspecified atom stereocenters. The fourth-order valence-electron chi connectivity index (χ4n) is 5.07. The molecule has 0 aliphatic carbocycles. The zero-order valence-electron chi connectivity index (χ0n) is 23.7. The summed E-state index contributed by atoms with van der Waals surface area (Å²) in [5, 5.41) is 20.6. The van der Waals surface area contributed by atoms with Crippen LogP contribution in [0.3, 0.4) is 0 Å². The van der Waals surface area contributed by atoms with Gasteiger partial charge in [-0.25, -0.2) is 0 Å². The Bertz CT molecular complexity index is 1880. The van der Waals surface area contributed by atoms with Crippen molar-refractivity contribution in [2.75, 3.05) is 0 Å². The molecule has 0 amide bonds. The zero-order chi connectivity index (χ0) is 30.4. The van der Waals surface area contributed by atoms with Crippen molar-refractivity contribution in [1.29, 1.82) is 0 Å². The number of para-hydroxylation sites is 3. The van der Waals surface area contributed by atoms with Gasteiger partial charge in [-0.1, -0.05) is 54.6 Å². The molecule has 0 saturated carbocycles. The molecule has 6 aromatic rings. The van der Waals surface area contributed by atoms with Crippen LogP contribution in [0.1, 0.15) is 38.6 Å². The summed E-state index contributed by atoms with van der Waals surface area (Å²) in [5.74, 6) is -1.76. The molecule has 0 spiro atoms. The average molecular weight is 567 g/mol. The number of nitrogens with two attached hydrogens (primary N) is 1. The van der Waals surface area contributed by atoms with Gasteiger partial charge in [0.2, 0.25) is 0 Å². The first-order chi connectivity index (χ1) is 20.1. The molecule has 7 N–H and O–H groups in total. The number of hydrogen-bond acceptors (Lipinski definition) is 4. The number of carboxylic acid groups (broad SMARTS) is 2. The Morgan fingerprint density at radius 1 is 0.714 bits per heavy atom. The van der Waals surface area contributed by atoms with Crippen molar-refractivity contribution >= 4 is 50.9 Å². The van der Waals surface area contributed by atoms with Gasteiger partial charge in [0.15, 0.2) is 6.29 Å². The summed E-state index contributed by atoms with van der Waals surface area (Å²) >= 11 is 0. The summed E-state index contributed by atoms with van der Waals surface area (Å²) in [7, 11) is 0.